The third-order valence-corrected chi connectivity index (χ3v) is 6.22. The Morgan fingerprint density at radius 3 is 1.88 bits per heavy atom. The van der Waals surface area contributed by atoms with Gasteiger partial charge in [0.05, 0.1) is 0 Å². The van der Waals surface area contributed by atoms with Gasteiger partial charge in [-0.05, 0) is 57.2 Å². The molecule has 0 aliphatic carbocycles. The molecule has 2 atom stereocenters. The summed E-state index contributed by atoms with van der Waals surface area (Å²) in [5.74, 6) is -2.35. The highest BCUT2D eigenvalue weighted by Crippen LogP contribution is 2.32. The number of aliphatic carboxylic acids is 1. The molecular weight excluding hydrogens is 518 g/mol. The second-order valence-corrected chi connectivity index (χ2v) is 10.7. The quantitative estimate of drug-likeness (QED) is 0.0919. The standard InChI is InChI=1S/C30H47NO9/c1-8-10-12-14-26(32)38-24-17-16-23(18-25(24)39-27(33)15-13-11-9-2)19-30(28(34)35,31-21(5)6)40-29(36)37-22(7)20(3)4/h16-18,20-22,31H,8-15,19H2,1-7H3,(H,34,35)/t22?,30-/m0/s1. The molecule has 0 saturated heterocycles. The summed E-state index contributed by atoms with van der Waals surface area (Å²) in [6.45, 7) is 12.9. The van der Waals surface area contributed by atoms with Crippen LogP contribution in [0.15, 0.2) is 18.2 Å². The van der Waals surface area contributed by atoms with E-state index in [0.717, 1.165) is 25.7 Å². The SMILES string of the molecule is CCCCCC(=O)Oc1ccc(C[C@](NC(C)C)(OC(=O)OC(C)C(C)C)C(=O)O)cc1OC(=O)CCCCC. The number of esters is 2. The number of ether oxygens (including phenoxy) is 4. The van der Waals surface area contributed by atoms with E-state index in [1.807, 2.05) is 27.7 Å². The van der Waals surface area contributed by atoms with Crippen LogP contribution in [-0.2, 0) is 30.3 Å². The van der Waals surface area contributed by atoms with E-state index >= 15 is 0 Å². The number of hydrogen-bond donors (Lipinski definition) is 2. The highest BCUT2D eigenvalue weighted by Gasteiger charge is 2.44. The Balaban J connectivity index is 3.35. The molecule has 10 nitrogen and oxygen atoms in total. The first-order valence-electron chi connectivity index (χ1n) is 14.3. The molecule has 1 rings (SSSR count). The van der Waals surface area contributed by atoms with Crippen LogP contribution >= 0.6 is 0 Å². The molecule has 0 fully saturated rings. The smallest absolute Gasteiger partial charge is 0.477 e. The molecule has 1 aromatic rings. The van der Waals surface area contributed by atoms with Gasteiger partial charge in [0.2, 0.25) is 0 Å². The van der Waals surface area contributed by atoms with Crippen LogP contribution in [0.3, 0.4) is 0 Å². The first-order valence-corrected chi connectivity index (χ1v) is 14.3. The van der Waals surface area contributed by atoms with E-state index in [1.165, 1.54) is 18.2 Å². The largest absolute Gasteiger partial charge is 0.510 e. The molecule has 0 radical (unpaired) electrons. The predicted molar refractivity (Wildman–Crippen MR) is 150 cm³/mol. The van der Waals surface area contributed by atoms with Crippen molar-refractivity contribution in [2.45, 2.75) is 124 Å². The van der Waals surface area contributed by atoms with Crippen LogP contribution in [0.2, 0.25) is 0 Å². The lowest BCUT2D eigenvalue weighted by Gasteiger charge is -2.32. The molecule has 226 valence electrons. The summed E-state index contributed by atoms with van der Waals surface area (Å²) in [7, 11) is 0. The Hall–Kier alpha value is -3.14. The van der Waals surface area contributed by atoms with Crippen LogP contribution in [0, 0.1) is 5.92 Å². The molecule has 2 N–H and O–H groups in total. The van der Waals surface area contributed by atoms with Gasteiger partial charge in [0, 0.05) is 25.3 Å². The number of benzene rings is 1. The summed E-state index contributed by atoms with van der Waals surface area (Å²) >= 11 is 0. The second kappa shape index (κ2) is 17.5. The fraction of sp³-hybridized carbons (Fsp3) is 0.667. The summed E-state index contributed by atoms with van der Waals surface area (Å²) < 4.78 is 21.7. The predicted octanol–water partition coefficient (Wildman–Crippen LogP) is 6.18. The zero-order chi connectivity index (χ0) is 30.3. The zero-order valence-corrected chi connectivity index (χ0v) is 25.0. The molecule has 1 unspecified atom stereocenters. The molecule has 1 aromatic carbocycles. The van der Waals surface area contributed by atoms with Gasteiger partial charge in [-0.3, -0.25) is 14.9 Å². The molecule has 40 heavy (non-hydrogen) atoms. The minimum absolute atomic E-state index is 0.00312. The van der Waals surface area contributed by atoms with Crippen molar-refractivity contribution >= 4 is 24.1 Å². The van der Waals surface area contributed by atoms with Gasteiger partial charge in [0.15, 0.2) is 11.5 Å². The highest BCUT2D eigenvalue weighted by molar-refractivity contribution is 5.81. The molecule has 0 aromatic heterocycles. The lowest BCUT2D eigenvalue weighted by molar-refractivity contribution is -0.168. The zero-order valence-electron chi connectivity index (χ0n) is 25.0. The number of hydrogen-bond acceptors (Lipinski definition) is 9. The van der Waals surface area contributed by atoms with E-state index in [4.69, 9.17) is 18.9 Å². The maximum atomic E-state index is 12.6. The van der Waals surface area contributed by atoms with Crippen LogP contribution < -0.4 is 14.8 Å². The van der Waals surface area contributed by atoms with Crippen LogP contribution in [0.25, 0.3) is 0 Å². The van der Waals surface area contributed by atoms with Crippen LogP contribution in [0.5, 0.6) is 11.5 Å². The second-order valence-electron chi connectivity index (χ2n) is 10.7. The molecular formula is C30H47NO9. The normalized spacial score (nSPS) is 13.4. The molecule has 0 bridgehead atoms. The molecule has 0 saturated carbocycles. The van der Waals surface area contributed by atoms with Gasteiger partial charge in [0.1, 0.15) is 6.10 Å². The summed E-state index contributed by atoms with van der Waals surface area (Å²) in [6.07, 6.45) is 3.38. The Morgan fingerprint density at radius 1 is 0.850 bits per heavy atom. The molecule has 10 heteroatoms. The first-order chi connectivity index (χ1) is 18.8. The molecule has 0 amide bonds. The van der Waals surface area contributed by atoms with Crippen LogP contribution in [0.4, 0.5) is 4.79 Å². The number of carbonyl (C=O) groups is 4. The average molecular weight is 566 g/mol. The van der Waals surface area contributed by atoms with Crippen molar-refractivity contribution in [2.24, 2.45) is 5.92 Å². The minimum Gasteiger partial charge on any atom is -0.477 e. The van der Waals surface area contributed by atoms with Gasteiger partial charge in [-0.25, -0.2) is 9.59 Å². The first kappa shape index (κ1) is 34.9. The fourth-order valence-corrected chi connectivity index (χ4v) is 3.72. The third kappa shape index (κ3) is 12.4. The Kier molecular flexibility index (Phi) is 15.3. The van der Waals surface area contributed by atoms with Crippen molar-refractivity contribution < 1.29 is 43.2 Å². The van der Waals surface area contributed by atoms with E-state index in [2.05, 4.69) is 5.32 Å². The van der Waals surface area contributed by atoms with Gasteiger partial charge < -0.3 is 24.1 Å². The number of unbranched alkanes of at least 4 members (excludes halogenated alkanes) is 4. The van der Waals surface area contributed by atoms with Crippen LogP contribution in [-0.4, -0.2) is 47.0 Å². The summed E-state index contributed by atoms with van der Waals surface area (Å²) in [4.78, 5) is 50.0. The van der Waals surface area contributed by atoms with Crippen molar-refractivity contribution in [1.82, 2.24) is 5.32 Å². The van der Waals surface area contributed by atoms with Gasteiger partial charge in [-0.1, -0.05) is 59.4 Å². The topological polar surface area (TPSA) is 137 Å². The van der Waals surface area contributed by atoms with Gasteiger partial charge >= 0.3 is 24.1 Å². The molecule has 0 aliphatic heterocycles. The summed E-state index contributed by atoms with van der Waals surface area (Å²) in [5, 5.41) is 13.0. The van der Waals surface area contributed by atoms with E-state index in [1.54, 1.807) is 20.8 Å². The van der Waals surface area contributed by atoms with Crippen molar-refractivity contribution in [3.8, 4) is 11.5 Å². The van der Waals surface area contributed by atoms with E-state index in [-0.39, 0.29) is 42.7 Å². The maximum Gasteiger partial charge on any atom is 0.510 e. The van der Waals surface area contributed by atoms with E-state index < -0.39 is 35.9 Å². The van der Waals surface area contributed by atoms with Crippen LogP contribution in [0.1, 0.15) is 105 Å². The fourth-order valence-electron chi connectivity index (χ4n) is 3.72. The third-order valence-electron chi connectivity index (χ3n) is 6.22. The molecule has 0 spiro atoms. The number of carboxylic acids is 1. The number of rotatable bonds is 18. The van der Waals surface area contributed by atoms with E-state index in [0.29, 0.717) is 18.4 Å². The van der Waals surface area contributed by atoms with Crippen molar-refractivity contribution in [1.29, 1.82) is 0 Å². The number of carbonyl (C=O) groups excluding carboxylic acids is 3. The molecule has 0 heterocycles. The van der Waals surface area contributed by atoms with Gasteiger partial charge in [-0.2, -0.15) is 0 Å². The van der Waals surface area contributed by atoms with Gasteiger partial charge in [0.25, 0.3) is 5.72 Å². The summed E-state index contributed by atoms with van der Waals surface area (Å²) in [5.41, 5.74) is -1.81. The van der Waals surface area contributed by atoms with E-state index in [9.17, 15) is 24.3 Å². The Morgan fingerprint density at radius 2 is 1.40 bits per heavy atom. The summed E-state index contributed by atoms with van der Waals surface area (Å²) in [6, 6.07) is 4.03. The minimum atomic E-state index is -2.18. The highest BCUT2D eigenvalue weighted by atomic mass is 16.7. The number of nitrogens with one attached hydrogen (secondary N) is 1. The van der Waals surface area contributed by atoms with Crippen molar-refractivity contribution in [3.63, 3.8) is 0 Å². The maximum absolute atomic E-state index is 12.6. The monoisotopic (exact) mass is 565 g/mol. The lowest BCUT2D eigenvalue weighted by atomic mass is 10.0. The van der Waals surface area contributed by atoms with Gasteiger partial charge in [-0.15, -0.1) is 0 Å². The average Bonchev–Trinajstić information content (AvgIpc) is 2.85. The van der Waals surface area contributed by atoms with Crippen molar-refractivity contribution in [2.75, 3.05) is 0 Å². The Bertz CT molecular complexity index is 976. The van der Waals surface area contributed by atoms with Crippen molar-refractivity contribution in [3.05, 3.63) is 23.8 Å². The lowest BCUT2D eigenvalue weighted by Crippen LogP contribution is -2.59. The number of carboxylic acid groups (broad SMARTS) is 1. The molecule has 0 aliphatic rings. The Labute approximate surface area is 238 Å².